The fourth-order valence-corrected chi connectivity index (χ4v) is 2.63. The van der Waals surface area contributed by atoms with Crippen LogP contribution < -0.4 is 10.1 Å². The highest BCUT2D eigenvalue weighted by Gasteiger charge is 2.23. The third-order valence-corrected chi connectivity index (χ3v) is 4.01. The normalized spacial score (nSPS) is 16.4. The zero-order valence-electron chi connectivity index (χ0n) is 13.9. The predicted molar refractivity (Wildman–Crippen MR) is 93.2 cm³/mol. The molecule has 0 spiro atoms. The lowest BCUT2D eigenvalue weighted by Crippen LogP contribution is -2.22. The molecule has 0 radical (unpaired) electrons. The molecule has 1 aliphatic rings. The van der Waals surface area contributed by atoms with Crippen LogP contribution in [0.2, 0.25) is 0 Å². The molecule has 0 aliphatic carbocycles. The average Bonchev–Trinajstić information content (AvgIpc) is 3.38. The summed E-state index contributed by atoms with van der Waals surface area (Å²) in [7, 11) is 0. The second kappa shape index (κ2) is 7.32. The fraction of sp³-hybridized carbons (Fsp3) is 0.222. The molecule has 1 atom stereocenters. The summed E-state index contributed by atoms with van der Waals surface area (Å²) in [4.78, 5) is 20.4. The largest absolute Gasteiger partial charge is 0.439 e. The smallest absolute Gasteiger partial charge is 0.229 e. The highest BCUT2D eigenvalue weighted by atomic mass is 16.5. The summed E-state index contributed by atoms with van der Waals surface area (Å²) in [5.41, 5.74) is 0.717. The van der Waals surface area contributed by atoms with Gasteiger partial charge in [-0.15, -0.1) is 0 Å². The number of nitrogens with zero attached hydrogens (tertiary/aromatic N) is 4. The van der Waals surface area contributed by atoms with Crippen LogP contribution in [-0.4, -0.2) is 38.9 Å². The van der Waals surface area contributed by atoms with E-state index in [9.17, 15) is 4.79 Å². The highest BCUT2D eigenvalue weighted by Crippen LogP contribution is 2.23. The Labute approximate surface area is 149 Å². The molecule has 4 rings (SSSR count). The van der Waals surface area contributed by atoms with Crippen molar-refractivity contribution < 1.29 is 14.3 Å². The number of carbonyl (C=O) groups excluding carboxylic acids is 1. The quantitative estimate of drug-likeness (QED) is 0.759. The molecule has 26 heavy (non-hydrogen) atoms. The van der Waals surface area contributed by atoms with Gasteiger partial charge < -0.3 is 14.8 Å². The van der Waals surface area contributed by atoms with E-state index in [0.29, 0.717) is 36.3 Å². The monoisotopic (exact) mass is 351 g/mol. The van der Waals surface area contributed by atoms with Crippen molar-refractivity contribution in [1.82, 2.24) is 19.7 Å². The molecule has 0 bridgehead atoms. The number of benzene rings is 1. The maximum absolute atomic E-state index is 12.1. The lowest BCUT2D eigenvalue weighted by molar-refractivity contribution is -0.119. The Morgan fingerprint density at radius 3 is 2.88 bits per heavy atom. The van der Waals surface area contributed by atoms with E-state index in [2.05, 4.69) is 20.4 Å². The Morgan fingerprint density at radius 1 is 1.27 bits per heavy atom. The molecule has 8 heteroatoms. The standard InChI is InChI=1S/C18H17N5O3/c24-18(13-6-9-25-11-13)22-14-2-4-15(5-3-14)26-17-10-16(19-12-20-17)23-8-1-7-21-23/h1-5,7-8,10,12-13H,6,9,11H2,(H,22,24). The van der Waals surface area contributed by atoms with Gasteiger partial charge >= 0.3 is 0 Å². The number of amides is 1. The van der Waals surface area contributed by atoms with Gasteiger partial charge in [0, 0.05) is 30.8 Å². The first kappa shape index (κ1) is 16.2. The Balaban J connectivity index is 1.41. The summed E-state index contributed by atoms with van der Waals surface area (Å²) in [6, 6.07) is 10.6. The van der Waals surface area contributed by atoms with Gasteiger partial charge in [0.15, 0.2) is 5.82 Å². The predicted octanol–water partition coefficient (Wildman–Crippen LogP) is 2.43. The number of anilines is 1. The molecule has 1 unspecified atom stereocenters. The van der Waals surface area contributed by atoms with Gasteiger partial charge in [-0.25, -0.2) is 14.6 Å². The van der Waals surface area contributed by atoms with E-state index in [1.165, 1.54) is 6.33 Å². The first-order valence-electron chi connectivity index (χ1n) is 8.26. The minimum atomic E-state index is -0.0762. The summed E-state index contributed by atoms with van der Waals surface area (Å²) < 4.78 is 12.6. The van der Waals surface area contributed by atoms with Crippen LogP contribution >= 0.6 is 0 Å². The Bertz CT molecular complexity index is 874. The Kier molecular flexibility index (Phi) is 4.57. The van der Waals surface area contributed by atoms with Crippen LogP contribution in [-0.2, 0) is 9.53 Å². The van der Waals surface area contributed by atoms with Crippen molar-refractivity contribution in [1.29, 1.82) is 0 Å². The molecule has 1 amide bonds. The average molecular weight is 351 g/mol. The molecule has 8 nitrogen and oxygen atoms in total. The van der Waals surface area contributed by atoms with Crippen LogP contribution in [0.25, 0.3) is 5.82 Å². The molecule has 0 saturated carbocycles. The minimum absolute atomic E-state index is 0.0177. The number of rotatable bonds is 5. The summed E-state index contributed by atoms with van der Waals surface area (Å²) in [5, 5.41) is 7.02. The van der Waals surface area contributed by atoms with Gasteiger partial charge in [-0.3, -0.25) is 4.79 Å². The number of ether oxygens (including phenoxy) is 2. The number of hydrogen-bond donors (Lipinski definition) is 1. The van der Waals surface area contributed by atoms with Gasteiger partial charge in [-0.1, -0.05) is 0 Å². The molecule has 3 aromatic rings. The number of carbonyl (C=O) groups is 1. The molecule has 3 heterocycles. The zero-order chi connectivity index (χ0) is 17.8. The fourth-order valence-electron chi connectivity index (χ4n) is 2.63. The molecule has 132 valence electrons. The van der Waals surface area contributed by atoms with Gasteiger partial charge in [-0.2, -0.15) is 5.10 Å². The molecule has 2 aromatic heterocycles. The van der Waals surface area contributed by atoms with Crippen molar-refractivity contribution in [2.24, 2.45) is 5.92 Å². The van der Waals surface area contributed by atoms with Gasteiger partial charge in [0.25, 0.3) is 0 Å². The Morgan fingerprint density at radius 2 is 2.15 bits per heavy atom. The van der Waals surface area contributed by atoms with Crippen LogP contribution in [0.4, 0.5) is 5.69 Å². The first-order valence-corrected chi connectivity index (χ1v) is 8.26. The maximum Gasteiger partial charge on any atom is 0.229 e. The maximum atomic E-state index is 12.1. The van der Waals surface area contributed by atoms with Crippen molar-refractivity contribution in [2.75, 3.05) is 18.5 Å². The van der Waals surface area contributed by atoms with Gasteiger partial charge in [-0.05, 0) is 36.8 Å². The van der Waals surface area contributed by atoms with E-state index in [1.54, 1.807) is 47.4 Å². The van der Waals surface area contributed by atoms with Crippen LogP contribution in [0.3, 0.4) is 0 Å². The van der Waals surface area contributed by atoms with Crippen molar-refractivity contribution >= 4 is 11.6 Å². The van der Waals surface area contributed by atoms with Crippen molar-refractivity contribution in [3.05, 3.63) is 55.1 Å². The Hall–Kier alpha value is -3.26. The van der Waals surface area contributed by atoms with E-state index >= 15 is 0 Å². The van der Waals surface area contributed by atoms with Gasteiger partial charge in [0.05, 0.1) is 12.5 Å². The van der Waals surface area contributed by atoms with E-state index in [0.717, 1.165) is 6.42 Å². The summed E-state index contributed by atoms with van der Waals surface area (Å²) in [6.07, 6.45) is 5.65. The lowest BCUT2D eigenvalue weighted by Gasteiger charge is -2.10. The summed E-state index contributed by atoms with van der Waals surface area (Å²) in [5.74, 6) is 1.54. The van der Waals surface area contributed by atoms with Crippen LogP contribution in [0.15, 0.2) is 55.1 Å². The molecule has 1 aliphatic heterocycles. The van der Waals surface area contributed by atoms with Crippen molar-refractivity contribution in [3.63, 3.8) is 0 Å². The van der Waals surface area contributed by atoms with Gasteiger partial charge in [0.1, 0.15) is 12.1 Å². The molecule has 1 aromatic carbocycles. The van der Waals surface area contributed by atoms with Crippen LogP contribution in [0, 0.1) is 5.92 Å². The highest BCUT2D eigenvalue weighted by molar-refractivity contribution is 5.92. The third kappa shape index (κ3) is 3.70. The van der Waals surface area contributed by atoms with Crippen LogP contribution in [0.5, 0.6) is 11.6 Å². The first-order chi connectivity index (χ1) is 12.8. The van der Waals surface area contributed by atoms with Crippen molar-refractivity contribution in [3.8, 4) is 17.4 Å². The van der Waals surface area contributed by atoms with E-state index < -0.39 is 0 Å². The molecular weight excluding hydrogens is 334 g/mol. The number of aromatic nitrogens is 4. The lowest BCUT2D eigenvalue weighted by atomic mass is 10.1. The zero-order valence-corrected chi connectivity index (χ0v) is 13.9. The molecular formula is C18H17N5O3. The van der Waals surface area contributed by atoms with Crippen molar-refractivity contribution in [2.45, 2.75) is 6.42 Å². The third-order valence-electron chi connectivity index (χ3n) is 4.01. The molecule has 1 N–H and O–H groups in total. The minimum Gasteiger partial charge on any atom is -0.439 e. The second-order valence-corrected chi connectivity index (χ2v) is 5.84. The van der Waals surface area contributed by atoms with E-state index in [-0.39, 0.29) is 11.8 Å². The summed E-state index contributed by atoms with van der Waals surface area (Å²) in [6.45, 7) is 1.13. The molecule has 1 saturated heterocycles. The molecule has 1 fully saturated rings. The topological polar surface area (TPSA) is 91.2 Å². The van der Waals surface area contributed by atoms with E-state index in [4.69, 9.17) is 9.47 Å². The number of hydrogen-bond acceptors (Lipinski definition) is 6. The SMILES string of the molecule is O=C(Nc1ccc(Oc2cc(-n3cccn3)ncn2)cc1)C1CCOC1. The van der Waals surface area contributed by atoms with Gasteiger partial charge in [0.2, 0.25) is 11.8 Å². The number of nitrogens with one attached hydrogen (secondary N) is 1. The second-order valence-electron chi connectivity index (χ2n) is 5.84. The summed E-state index contributed by atoms with van der Waals surface area (Å²) >= 11 is 0. The van der Waals surface area contributed by atoms with E-state index in [1.807, 2.05) is 6.07 Å². The van der Waals surface area contributed by atoms with Crippen LogP contribution in [0.1, 0.15) is 6.42 Å².